The average molecular weight is 408 g/mol. The van der Waals surface area contributed by atoms with Crippen LogP contribution in [0.2, 0.25) is 5.02 Å². The highest BCUT2D eigenvalue weighted by Crippen LogP contribution is 2.31. The Labute approximate surface area is 174 Å². The first-order valence-electron chi connectivity index (χ1n) is 9.99. The molecule has 0 spiro atoms. The van der Waals surface area contributed by atoms with Gasteiger partial charge in [-0.1, -0.05) is 29.8 Å². The van der Waals surface area contributed by atoms with E-state index in [1.165, 1.54) is 5.56 Å². The molecule has 1 fully saturated rings. The SMILES string of the molecule is C[C@H]1Cc2cccc3c(=O)c(C(=O)N4CCN(c5cccc(Cl)c5)CC4)cn1c23. The minimum atomic E-state index is -0.170. The number of carbonyl (C=O) groups is 1. The zero-order valence-corrected chi connectivity index (χ0v) is 17.0. The fraction of sp³-hybridized carbons (Fsp3) is 0.304. The Hall–Kier alpha value is -2.79. The molecule has 0 saturated carbocycles. The van der Waals surface area contributed by atoms with Gasteiger partial charge < -0.3 is 14.4 Å². The zero-order chi connectivity index (χ0) is 20.1. The third-order valence-corrected chi connectivity index (χ3v) is 6.33. The van der Waals surface area contributed by atoms with Crippen molar-refractivity contribution in [2.24, 2.45) is 0 Å². The smallest absolute Gasteiger partial charge is 0.259 e. The Morgan fingerprint density at radius 1 is 1.07 bits per heavy atom. The van der Waals surface area contributed by atoms with Crippen molar-refractivity contribution in [2.45, 2.75) is 19.4 Å². The van der Waals surface area contributed by atoms with Crippen molar-refractivity contribution >= 4 is 34.1 Å². The summed E-state index contributed by atoms with van der Waals surface area (Å²) in [4.78, 5) is 30.3. The quantitative estimate of drug-likeness (QED) is 0.650. The maximum atomic E-state index is 13.2. The maximum Gasteiger partial charge on any atom is 0.259 e. The number of rotatable bonds is 2. The molecular weight excluding hydrogens is 386 g/mol. The van der Waals surface area contributed by atoms with Crippen LogP contribution in [0, 0.1) is 0 Å². The second-order valence-electron chi connectivity index (χ2n) is 7.90. The number of carbonyl (C=O) groups excluding carboxylic acids is 1. The predicted molar refractivity (Wildman–Crippen MR) is 116 cm³/mol. The van der Waals surface area contributed by atoms with Gasteiger partial charge in [0.2, 0.25) is 5.43 Å². The molecule has 0 unspecified atom stereocenters. The lowest BCUT2D eigenvalue weighted by Crippen LogP contribution is -2.49. The molecule has 0 bridgehead atoms. The average Bonchev–Trinajstić information content (AvgIpc) is 3.06. The van der Waals surface area contributed by atoms with E-state index in [-0.39, 0.29) is 22.9 Å². The highest BCUT2D eigenvalue weighted by molar-refractivity contribution is 6.30. The number of amides is 1. The van der Waals surface area contributed by atoms with E-state index in [9.17, 15) is 9.59 Å². The summed E-state index contributed by atoms with van der Waals surface area (Å²) in [6.45, 7) is 4.72. The number of pyridine rings is 1. The lowest BCUT2D eigenvalue weighted by molar-refractivity contribution is 0.0745. The number of piperazine rings is 1. The van der Waals surface area contributed by atoms with Gasteiger partial charge in [0.05, 0.1) is 5.52 Å². The molecule has 0 radical (unpaired) electrons. The summed E-state index contributed by atoms with van der Waals surface area (Å²) >= 11 is 6.10. The summed E-state index contributed by atoms with van der Waals surface area (Å²) in [5.41, 5.74) is 3.34. The molecule has 2 aliphatic rings. The first kappa shape index (κ1) is 18.3. The van der Waals surface area contributed by atoms with E-state index < -0.39 is 0 Å². The van der Waals surface area contributed by atoms with Crippen LogP contribution in [0.3, 0.4) is 0 Å². The largest absolute Gasteiger partial charge is 0.368 e. The van der Waals surface area contributed by atoms with Crippen LogP contribution in [0.1, 0.15) is 28.9 Å². The normalized spacial score (nSPS) is 18.5. The maximum absolute atomic E-state index is 13.2. The first-order valence-corrected chi connectivity index (χ1v) is 10.4. The number of para-hydroxylation sites is 1. The van der Waals surface area contributed by atoms with E-state index in [0.29, 0.717) is 36.6 Å². The topological polar surface area (TPSA) is 45.6 Å². The molecule has 5 nitrogen and oxygen atoms in total. The fourth-order valence-corrected chi connectivity index (χ4v) is 4.76. The fourth-order valence-electron chi connectivity index (χ4n) is 4.58. The predicted octanol–water partition coefficient (Wildman–Crippen LogP) is 3.73. The molecule has 148 valence electrons. The van der Waals surface area contributed by atoms with Crippen LogP contribution < -0.4 is 10.3 Å². The number of anilines is 1. The van der Waals surface area contributed by atoms with Crippen LogP contribution in [0.5, 0.6) is 0 Å². The lowest BCUT2D eigenvalue weighted by Gasteiger charge is -2.36. The van der Waals surface area contributed by atoms with Gasteiger partial charge in [-0.15, -0.1) is 0 Å². The summed E-state index contributed by atoms with van der Waals surface area (Å²) in [5.74, 6) is -0.170. The van der Waals surface area contributed by atoms with Crippen LogP contribution in [-0.2, 0) is 6.42 Å². The Balaban J connectivity index is 1.42. The van der Waals surface area contributed by atoms with Gasteiger partial charge in [0.1, 0.15) is 5.56 Å². The van der Waals surface area contributed by atoms with Gasteiger partial charge >= 0.3 is 0 Å². The number of nitrogens with zero attached hydrogens (tertiary/aromatic N) is 3. The summed E-state index contributed by atoms with van der Waals surface area (Å²) < 4.78 is 2.10. The highest BCUT2D eigenvalue weighted by atomic mass is 35.5. The van der Waals surface area contributed by atoms with Gasteiger partial charge in [0.15, 0.2) is 0 Å². The number of benzene rings is 2. The lowest BCUT2D eigenvalue weighted by atomic mass is 10.1. The molecule has 3 heterocycles. The van der Waals surface area contributed by atoms with Crippen LogP contribution in [-0.4, -0.2) is 41.6 Å². The molecule has 5 rings (SSSR count). The van der Waals surface area contributed by atoms with Gasteiger partial charge in [-0.05, 0) is 43.2 Å². The van der Waals surface area contributed by atoms with Crippen molar-refractivity contribution in [1.29, 1.82) is 0 Å². The minimum Gasteiger partial charge on any atom is -0.368 e. The Bertz CT molecular complexity index is 1180. The van der Waals surface area contributed by atoms with Gasteiger partial charge in [-0.25, -0.2) is 0 Å². The molecule has 0 N–H and O–H groups in total. The molecule has 3 aromatic rings. The summed E-state index contributed by atoms with van der Waals surface area (Å²) in [6, 6.07) is 13.8. The van der Waals surface area contributed by atoms with Crippen molar-refractivity contribution in [3.63, 3.8) is 0 Å². The van der Waals surface area contributed by atoms with Gasteiger partial charge in [-0.3, -0.25) is 9.59 Å². The standard InChI is InChI=1S/C23H22ClN3O2/c1-15-12-16-4-2-7-19-21(16)27(15)14-20(22(19)28)23(29)26-10-8-25(9-11-26)18-6-3-5-17(24)13-18/h2-7,13-15H,8-12H2,1H3/t15-/m0/s1. The van der Waals surface area contributed by atoms with E-state index >= 15 is 0 Å². The molecule has 1 saturated heterocycles. The summed E-state index contributed by atoms with van der Waals surface area (Å²) in [6.07, 6.45) is 2.67. The van der Waals surface area contributed by atoms with Gasteiger partial charge in [0, 0.05) is 54.5 Å². The zero-order valence-electron chi connectivity index (χ0n) is 16.3. The van der Waals surface area contributed by atoms with Gasteiger partial charge in [0.25, 0.3) is 5.91 Å². The molecule has 6 heteroatoms. The van der Waals surface area contributed by atoms with E-state index in [2.05, 4.69) is 22.5 Å². The Morgan fingerprint density at radius 2 is 1.83 bits per heavy atom. The van der Waals surface area contributed by atoms with E-state index in [1.807, 2.05) is 36.4 Å². The van der Waals surface area contributed by atoms with Crippen molar-refractivity contribution in [3.05, 3.63) is 75.0 Å². The van der Waals surface area contributed by atoms with Crippen molar-refractivity contribution < 1.29 is 4.79 Å². The molecule has 0 aliphatic carbocycles. The number of hydrogen-bond donors (Lipinski definition) is 0. The van der Waals surface area contributed by atoms with Crippen LogP contribution in [0.4, 0.5) is 5.69 Å². The van der Waals surface area contributed by atoms with Crippen LogP contribution in [0.25, 0.3) is 10.9 Å². The van der Waals surface area contributed by atoms with E-state index in [0.717, 1.165) is 17.6 Å². The first-order chi connectivity index (χ1) is 14.0. The number of hydrogen-bond acceptors (Lipinski definition) is 3. The minimum absolute atomic E-state index is 0.158. The Morgan fingerprint density at radius 3 is 2.59 bits per heavy atom. The highest BCUT2D eigenvalue weighted by Gasteiger charge is 2.28. The molecule has 2 aromatic carbocycles. The molecule has 1 amide bonds. The van der Waals surface area contributed by atoms with E-state index in [1.54, 1.807) is 11.1 Å². The molecular formula is C23H22ClN3O2. The van der Waals surface area contributed by atoms with Gasteiger partial charge in [-0.2, -0.15) is 0 Å². The summed E-state index contributed by atoms with van der Waals surface area (Å²) in [5, 5.41) is 1.35. The van der Waals surface area contributed by atoms with Crippen molar-refractivity contribution in [3.8, 4) is 0 Å². The Kier molecular flexibility index (Phi) is 4.36. The number of halogens is 1. The third-order valence-electron chi connectivity index (χ3n) is 6.10. The molecule has 29 heavy (non-hydrogen) atoms. The monoisotopic (exact) mass is 407 g/mol. The second kappa shape index (κ2) is 6.92. The van der Waals surface area contributed by atoms with Crippen LogP contribution >= 0.6 is 11.6 Å². The second-order valence-corrected chi connectivity index (χ2v) is 8.34. The van der Waals surface area contributed by atoms with Crippen molar-refractivity contribution in [2.75, 3.05) is 31.1 Å². The number of aromatic nitrogens is 1. The van der Waals surface area contributed by atoms with Crippen LogP contribution in [0.15, 0.2) is 53.5 Å². The van der Waals surface area contributed by atoms with E-state index in [4.69, 9.17) is 11.6 Å². The molecule has 2 aliphatic heterocycles. The van der Waals surface area contributed by atoms with Crippen molar-refractivity contribution in [1.82, 2.24) is 9.47 Å². The summed E-state index contributed by atoms with van der Waals surface area (Å²) in [7, 11) is 0. The molecule has 1 aromatic heterocycles. The third kappa shape index (κ3) is 3.01. The molecule has 1 atom stereocenters.